The molecule has 1 aromatic rings. The van der Waals surface area contributed by atoms with Crippen LogP contribution in [0, 0.1) is 11.2 Å². The normalized spacial score (nSPS) is 25.6. The molecule has 146 valence electrons. The third-order valence-corrected chi connectivity index (χ3v) is 6.66. The Labute approximate surface area is 160 Å². The first-order valence-corrected chi connectivity index (χ1v) is 9.94. The van der Waals surface area contributed by atoms with Crippen molar-refractivity contribution < 1.29 is 14.0 Å². The van der Waals surface area contributed by atoms with Crippen LogP contribution in [0.25, 0.3) is 0 Å². The fourth-order valence-electron chi connectivity index (χ4n) is 4.81. The highest BCUT2D eigenvalue weighted by Crippen LogP contribution is 2.40. The van der Waals surface area contributed by atoms with Crippen molar-refractivity contribution in [1.82, 2.24) is 14.7 Å². The smallest absolute Gasteiger partial charge is 0.242 e. The number of carbonyl (C=O) groups is 2. The summed E-state index contributed by atoms with van der Waals surface area (Å²) in [5, 5.41) is 0. The molecule has 5 nitrogen and oxygen atoms in total. The Hall–Kier alpha value is -1.95. The molecule has 0 aliphatic carbocycles. The fraction of sp³-hybridized carbons (Fsp3) is 0.619. The Kier molecular flexibility index (Phi) is 4.93. The molecule has 3 heterocycles. The average molecular weight is 373 g/mol. The van der Waals surface area contributed by atoms with Gasteiger partial charge in [0, 0.05) is 32.0 Å². The molecule has 3 aliphatic heterocycles. The van der Waals surface area contributed by atoms with Gasteiger partial charge in [-0.05, 0) is 62.5 Å². The molecule has 3 saturated heterocycles. The highest BCUT2D eigenvalue weighted by Gasteiger charge is 2.45. The summed E-state index contributed by atoms with van der Waals surface area (Å²) in [7, 11) is 2.12. The Bertz CT molecular complexity index is 713. The van der Waals surface area contributed by atoms with Gasteiger partial charge in [-0.1, -0.05) is 12.1 Å². The van der Waals surface area contributed by atoms with E-state index in [0.717, 1.165) is 44.5 Å². The van der Waals surface area contributed by atoms with Gasteiger partial charge in [0.05, 0.1) is 6.54 Å². The van der Waals surface area contributed by atoms with Gasteiger partial charge >= 0.3 is 0 Å². The van der Waals surface area contributed by atoms with Crippen molar-refractivity contribution in [2.24, 2.45) is 5.41 Å². The Morgan fingerprint density at radius 1 is 1.19 bits per heavy atom. The topological polar surface area (TPSA) is 43.9 Å². The van der Waals surface area contributed by atoms with Crippen molar-refractivity contribution in [1.29, 1.82) is 0 Å². The van der Waals surface area contributed by atoms with Crippen LogP contribution in [0.15, 0.2) is 24.3 Å². The number of nitrogens with zero attached hydrogens (tertiary/aromatic N) is 3. The lowest BCUT2D eigenvalue weighted by atomic mass is 9.78. The molecule has 0 unspecified atom stereocenters. The SMILES string of the molecule is CN1CCC2(CC1)CC(=O)N(CC(=O)N1CC[C@H](c3ccc(F)cc3)C1)C2. The Morgan fingerprint density at radius 3 is 2.59 bits per heavy atom. The minimum atomic E-state index is -0.236. The molecule has 0 aromatic heterocycles. The zero-order chi connectivity index (χ0) is 19.0. The van der Waals surface area contributed by atoms with Crippen molar-refractivity contribution >= 4 is 11.8 Å². The summed E-state index contributed by atoms with van der Waals surface area (Å²) in [4.78, 5) is 31.2. The summed E-state index contributed by atoms with van der Waals surface area (Å²) in [6.07, 6.45) is 3.56. The van der Waals surface area contributed by atoms with Crippen LogP contribution in [0.2, 0.25) is 0 Å². The van der Waals surface area contributed by atoms with E-state index in [1.54, 1.807) is 4.90 Å². The van der Waals surface area contributed by atoms with E-state index in [1.807, 2.05) is 17.0 Å². The minimum Gasteiger partial charge on any atom is -0.341 e. The first-order chi connectivity index (χ1) is 12.9. The summed E-state index contributed by atoms with van der Waals surface area (Å²) in [5.74, 6) is 0.184. The fourth-order valence-corrected chi connectivity index (χ4v) is 4.81. The molecule has 1 spiro atoms. The van der Waals surface area contributed by atoms with Crippen LogP contribution in [-0.2, 0) is 9.59 Å². The largest absolute Gasteiger partial charge is 0.341 e. The molecule has 27 heavy (non-hydrogen) atoms. The minimum absolute atomic E-state index is 0.0398. The molecular weight excluding hydrogens is 345 g/mol. The van der Waals surface area contributed by atoms with Crippen LogP contribution in [-0.4, -0.2) is 72.8 Å². The lowest BCUT2D eigenvalue weighted by Crippen LogP contribution is -2.42. The molecule has 1 aromatic carbocycles. The third kappa shape index (κ3) is 3.86. The van der Waals surface area contributed by atoms with E-state index in [0.29, 0.717) is 19.5 Å². The number of halogens is 1. The van der Waals surface area contributed by atoms with Gasteiger partial charge in [-0.15, -0.1) is 0 Å². The number of hydrogen-bond acceptors (Lipinski definition) is 3. The summed E-state index contributed by atoms with van der Waals surface area (Å²) in [6.45, 7) is 4.34. The molecule has 0 radical (unpaired) electrons. The molecular formula is C21H28FN3O2. The second-order valence-electron chi connectivity index (χ2n) is 8.61. The summed E-state index contributed by atoms with van der Waals surface area (Å²) in [6, 6.07) is 6.57. The monoisotopic (exact) mass is 373 g/mol. The van der Waals surface area contributed by atoms with E-state index in [9.17, 15) is 14.0 Å². The summed E-state index contributed by atoms with van der Waals surface area (Å²) >= 11 is 0. The van der Waals surface area contributed by atoms with Crippen LogP contribution in [0.5, 0.6) is 0 Å². The van der Waals surface area contributed by atoms with Crippen LogP contribution in [0.3, 0.4) is 0 Å². The second kappa shape index (κ2) is 7.23. The Balaban J connectivity index is 1.33. The summed E-state index contributed by atoms with van der Waals surface area (Å²) in [5.41, 5.74) is 1.15. The van der Waals surface area contributed by atoms with E-state index in [-0.39, 0.29) is 35.5 Å². The second-order valence-corrected chi connectivity index (χ2v) is 8.61. The van der Waals surface area contributed by atoms with Gasteiger partial charge in [-0.2, -0.15) is 0 Å². The highest BCUT2D eigenvalue weighted by atomic mass is 19.1. The number of likely N-dealkylation sites (tertiary alicyclic amines) is 3. The number of amides is 2. The van der Waals surface area contributed by atoms with E-state index in [4.69, 9.17) is 0 Å². The van der Waals surface area contributed by atoms with E-state index < -0.39 is 0 Å². The predicted octanol–water partition coefficient (Wildman–Crippen LogP) is 2.09. The van der Waals surface area contributed by atoms with E-state index in [2.05, 4.69) is 11.9 Å². The molecule has 0 bridgehead atoms. The van der Waals surface area contributed by atoms with Crippen LogP contribution < -0.4 is 0 Å². The predicted molar refractivity (Wildman–Crippen MR) is 101 cm³/mol. The molecule has 2 amide bonds. The van der Waals surface area contributed by atoms with Gasteiger partial charge in [0.2, 0.25) is 11.8 Å². The zero-order valence-electron chi connectivity index (χ0n) is 16.0. The maximum atomic E-state index is 13.1. The van der Waals surface area contributed by atoms with Gasteiger partial charge in [0.25, 0.3) is 0 Å². The number of piperidine rings is 1. The van der Waals surface area contributed by atoms with Gasteiger partial charge in [0.1, 0.15) is 5.82 Å². The van der Waals surface area contributed by atoms with E-state index >= 15 is 0 Å². The van der Waals surface area contributed by atoms with Gasteiger partial charge in [-0.3, -0.25) is 9.59 Å². The lowest BCUT2D eigenvalue weighted by Gasteiger charge is -2.37. The quantitative estimate of drug-likeness (QED) is 0.815. The van der Waals surface area contributed by atoms with Crippen molar-refractivity contribution in [3.8, 4) is 0 Å². The van der Waals surface area contributed by atoms with Crippen molar-refractivity contribution in [2.45, 2.75) is 31.6 Å². The van der Waals surface area contributed by atoms with Crippen molar-refractivity contribution in [2.75, 3.05) is 46.3 Å². The number of hydrogen-bond donors (Lipinski definition) is 0. The molecule has 1 atom stereocenters. The van der Waals surface area contributed by atoms with Crippen LogP contribution >= 0.6 is 0 Å². The molecule has 0 N–H and O–H groups in total. The van der Waals surface area contributed by atoms with Crippen LogP contribution in [0.4, 0.5) is 4.39 Å². The average Bonchev–Trinajstić information content (AvgIpc) is 3.25. The standard InChI is InChI=1S/C21H28FN3O2/c1-23-10-7-21(8-11-23)12-19(26)25(15-21)14-20(27)24-9-6-17(13-24)16-2-4-18(22)5-3-16/h2-5,17H,6-15H2,1H3/t17-/m0/s1. The van der Waals surface area contributed by atoms with Gasteiger partial charge < -0.3 is 14.7 Å². The first kappa shape index (κ1) is 18.4. The Morgan fingerprint density at radius 2 is 1.89 bits per heavy atom. The summed E-state index contributed by atoms with van der Waals surface area (Å²) < 4.78 is 13.1. The van der Waals surface area contributed by atoms with Gasteiger partial charge in [0.15, 0.2) is 0 Å². The van der Waals surface area contributed by atoms with Crippen LogP contribution in [0.1, 0.15) is 37.2 Å². The van der Waals surface area contributed by atoms with Crippen molar-refractivity contribution in [3.63, 3.8) is 0 Å². The lowest BCUT2D eigenvalue weighted by molar-refractivity contribution is -0.137. The van der Waals surface area contributed by atoms with Gasteiger partial charge in [-0.25, -0.2) is 4.39 Å². The maximum absolute atomic E-state index is 13.1. The molecule has 3 aliphatic rings. The van der Waals surface area contributed by atoms with E-state index in [1.165, 1.54) is 12.1 Å². The third-order valence-electron chi connectivity index (χ3n) is 6.66. The maximum Gasteiger partial charge on any atom is 0.242 e. The molecule has 6 heteroatoms. The first-order valence-electron chi connectivity index (χ1n) is 9.94. The number of benzene rings is 1. The van der Waals surface area contributed by atoms with Crippen molar-refractivity contribution in [3.05, 3.63) is 35.6 Å². The number of carbonyl (C=O) groups excluding carboxylic acids is 2. The molecule has 0 saturated carbocycles. The molecule has 4 rings (SSSR count). The molecule has 3 fully saturated rings. The number of rotatable bonds is 3. The zero-order valence-corrected chi connectivity index (χ0v) is 16.0. The highest BCUT2D eigenvalue weighted by molar-refractivity contribution is 5.86.